The van der Waals surface area contributed by atoms with Crippen molar-refractivity contribution in [3.05, 3.63) is 12.2 Å². The third-order valence-corrected chi connectivity index (χ3v) is 4.13. The molecular formula is C21H36O3. The van der Waals surface area contributed by atoms with Crippen LogP contribution in [0.15, 0.2) is 12.2 Å². The summed E-state index contributed by atoms with van der Waals surface area (Å²) in [5.74, 6) is 5.78. The van der Waals surface area contributed by atoms with Crippen LogP contribution in [0.25, 0.3) is 0 Å². The molecule has 1 unspecified atom stereocenters. The number of rotatable bonds is 12. The van der Waals surface area contributed by atoms with E-state index in [4.69, 9.17) is 4.74 Å². The number of ether oxygens (including phenoxy) is 1. The summed E-state index contributed by atoms with van der Waals surface area (Å²) in [7, 11) is 1.44. The summed E-state index contributed by atoms with van der Waals surface area (Å²) in [5.41, 5.74) is -0.387. The summed E-state index contributed by atoms with van der Waals surface area (Å²) in [4.78, 5) is 11.6. The van der Waals surface area contributed by atoms with Crippen LogP contribution in [0.3, 0.4) is 0 Å². The topological polar surface area (TPSA) is 46.5 Å². The van der Waals surface area contributed by atoms with Crippen LogP contribution < -0.4 is 0 Å². The summed E-state index contributed by atoms with van der Waals surface area (Å²) in [6.07, 6.45) is 13.8. The fourth-order valence-corrected chi connectivity index (χ4v) is 2.47. The zero-order valence-electron chi connectivity index (χ0n) is 16.1. The van der Waals surface area contributed by atoms with E-state index in [2.05, 4.69) is 18.8 Å². The van der Waals surface area contributed by atoms with Crippen molar-refractivity contribution in [2.24, 2.45) is 5.41 Å². The maximum Gasteiger partial charge on any atom is 0.311 e. The van der Waals surface area contributed by atoms with Crippen LogP contribution in [0.4, 0.5) is 0 Å². The summed E-state index contributed by atoms with van der Waals surface area (Å²) < 4.78 is 4.81. The van der Waals surface area contributed by atoms with Gasteiger partial charge in [0.15, 0.2) is 0 Å². The van der Waals surface area contributed by atoms with Crippen LogP contribution in [-0.2, 0) is 9.53 Å². The molecule has 0 aromatic rings. The number of methoxy groups -OCH3 is 1. The Labute approximate surface area is 148 Å². The normalized spacial score (nSPS) is 12.7. The van der Waals surface area contributed by atoms with Crippen LogP contribution in [0.2, 0.25) is 0 Å². The van der Waals surface area contributed by atoms with E-state index in [-0.39, 0.29) is 11.4 Å². The molecule has 0 saturated carbocycles. The van der Waals surface area contributed by atoms with Crippen molar-refractivity contribution >= 4 is 5.97 Å². The lowest BCUT2D eigenvalue weighted by molar-refractivity contribution is -0.151. The number of esters is 1. The number of allylic oxidation sites excluding steroid dienone is 1. The predicted octanol–water partition coefficient (Wildman–Crippen LogP) is 5.03. The highest BCUT2D eigenvalue weighted by atomic mass is 16.5. The molecule has 1 N–H and O–H groups in total. The highest BCUT2D eigenvalue weighted by Gasteiger charge is 2.27. The highest BCUT2D eigenvalue weighted by Crippen LogP contribution is 2.25. The molecule has 138 valence electrons. The van der Waals surface area contributed by atoms with E-state index in [1.807, 2.05) is 19.9 Å². The summed E-state index contributed by atoms with van der Waals surface area (Å²) >= 11 is 0. The van der Waals surface area contributed by atoms with Crippen molar-refractivity contribution < 1.29 is 14.6 Å². The molecule has 0 bridgehead atoms. The van der Waals surface area contributed by atoms with Gasteiger partial charge < -0.3 is 9.84 Å². The standard InChI is InChI=1S/C21H36O3/c1-5-6-7-10-13-16-19(22)17-14-11-8-9-12-15-18-21(2,3)20(23)24-4/h13,16,19,22H,5-12,15,18H2,1-4H3/b16-13+. The summed E-state index contributed by atoms with van der Waals surface area (Å²) in [6.45, 7) is 6.05. The highest BCUT2D eigenvalue weighted by molar-refractivity contribution is 5.75. The quantitative estimate of drug-likeness (QED) is 0.235. The third kappa shape index (κ3) is 12.2. The molecule has 0 rings (SSSR count). The number of carbonyl (C=O) groups excluding carboxylic acids is 1. The van der Waals surface area contributed by atoms with Gasteiger partial charge in [-0.25, -0.2) is 0 Å². The Morgan fingerprint density at radius 2 is 1.88 bits per heavy atom. The van der Waals surface area contributed by atoms with E-state index in [0.29, 0.717) is 0 Å². The lowest BCUT2D eigenvalue weighted by Gasteiger charge is -2.20. The third-order valence-electron chi connectivity index (χ3n) is 4.13. The smallest absolute Gasteiger partial charge is 0.311 e. The zero-order valence-corrected chi connectivity index (χ0v) is 16.1. The molecule has 0 aliphatic rings. The average Bonchev–Trinajstić information content (AvgIpc) is 2.56. The van der Waals surface area contributed by atoms with Gasteiger partial charge >= 0.3 is 5.97 Å². The van der Waals surface area contributed by atoms with Crippen LogP contribution in [-0.4, -0.2) is 24.3 Å². The first-order chi connectivity index (χ1) is 11.4. The summed E-state index contributed by atoms with van der Waals surface area (Å²) in [5, 5.41) is 9.71. The fourth-order valence-electron chi connectivity index (χ4n) is 2.47. The number of unbranched alkanes of at least 4 members (excludes halogenated alkanes) is 7. The maximum atomic E-state index is 11.6. The number of hydrogen-bond acceptors (Lipinski definition) is 3. The fraction of sp³-hybridized carbons (Fsp3) is 0.762. The van der Waals surface area contributed by atoms with Crippen LogP contribution in [0.5, 0.6) is 0 Å². The Hall–Kier alpha value is -1.27. The molecule has 0 fully saturated rings. The first kappa shape index (κ1) is 22.7. The Kier molecular flexibility index (Phi) is 13.4. The van der Waals surface area contributed by atoms with Gasteiger partial charge in [-0.2, -0.15) is 0 Å². The van der Waals surface area contributed by atoms with E-state index in [0.717, 1.165) is 44.9 Å². The van der Waals surface area contributed by atoms with Crippen LogP contribution in [0, 0.1) is 17.3 Å². The second kappa shape index (κ2) is 14.1. The molecule has 0 aliphatic heterocycles. The van der Waals surface area contributed by atoms with Crippen molar-refractivity contribution in [2.45, 2.75) is 91.1 Å². The Morgan fingerprint density at radius 3 is 2.54 bits per heavy atom. The number of carbonyl (C=O) groups is 1. The van der Waals surface area contributed by atoms with Gasteiger partial charge in [0.05, 0.1) is 12.5 Å². The molecule has 0 radical (unpaired) electrons. The van der Waals surface area contributed by atoms with E-state index in [1.54, 1.807) is 6.08 Å². The summed E-state index contributed by atoms with van der Waals surface area (Å²) in [6, 6.07) is 0. The number of aliphatic hydroxyl groups is 1. The lowest BCUT2D eigenvalue weighted by atomic mass is 9.87. The van der Waals surface area contributed by atoms with Gasteiger partial charge in [-0.1, -0.05) is 51.0 Å². The minimum Gasteiger partial charge on any atom is -0.469 e. The van der Waals surface area contributed by atoms with E-state index < -0.39 is 6.10 Å². The van der Waals surface area contributed by atoms with Gasteiger partial charge in [0, 0.05) is 6.42 Å². The largest absolute Gasteiger partial charge is 0.469 e. The second-order valence-corrected chi connectivity index (χ2v) is 6.98. The SMILES string of the molecule is CCCCC/C=C/C(O)C#CCCCCCCC(C)(C)C(=O)OC. The van der Waals surface area contributed by atoms with Crippen molar-refractivity contribution in [2.75, 3.05) is 7.11 Å². The van der Waals surface area contributed by atoms with E-state index in [9.17, 15) is 9.90 Å². The van der Waals surface area contributed by atoms with Gasteiger partial charge in [-0.15, -0.1) is 5.92 Å². The second-order valence-electron chi connectivity index (χ2n) is 6.98. The van der Waals surface area contributed by atoms with Gasteiger partial charge in [-0.05, 0) is 45.6 Å². The Balaban J connectivity index is 3.68. The molecule has 0 amide bonds. The average molecular weight is 337 g/mol. The molecule has 1 atom stereocenters. The molecule has 0 saturated heterocycles. The minimum atomic E-state index is -0.632. The maximum absolute atomic E-state index is 11.6. The van der Waals surface area contributed by atoms with Crippen molar-refractivity contribution in [1.29, 1.82) is 0 Å². The van der Waals surface area contributed by atoms with Crippen LogP contribution in [0.1, 0.15) is 85.0 Å². The minimum absolute atomic E-state index is 0.134. The van der Waals surface area contributed by atoms with Gasteiger partial charge in [0.2, 0.25) is 0 Å². The first-order valence-corrected chi connectivity index (χ1v) is 9.35. The van der Waals surface area contributed by atoms with Crippen molar-refractivity contribution in [3.8, 4) is 11.8 Å². The van der Waals surface area contributed by atoms with Gasteiger partial charge in [-0.3, -0.25) is 4.79 Å². The molecule has 0 aromatic heterocycles. The molecular weight excluding hydrogens is 300 g/mol. The molecule has 0 aromatic carbocycles. The van der Waals surface area contributed by atoms with E-state index >= 15 is 0 Å². The molecule has 0 heterocycles. The molecule has 3 nitrogen and oxygen atoms in total. The number of hydrogen-bond donors (Lipinski definition) is 1. The van der Waals surface area contributed by atoms with Crippen LogP contribution >= 0.6 is 0 Å². The zero-order chi connectivity index (χ0) is 18.3. The molecule has 24 heavy (non-hydrogen) atoms. The molecule has 3 heteroatoms. The van der Waals surface area contributed by atoms with Crippen molar-refractivity contribution in [1.82, 2.24) is 0 Å². The first-order valence-electron chi connectivity index (χ1n) is 9.35. The Morgan fingerprint density at radius 1 is 1.17 bits per heavy atom. The predicted molar refractivity (Wildman–Crippen MR) is 101 cm³/mol. The van der Waals surface area contributed by atoms with Crippen molar-refractivity contribution in [3.63, 3.8) is 0 Å². The van der Waals surface area contributed by atoms with Gasteiger partial charge in [0.1, 0.15) is 6.10 Å². The Bertz CT molecular complexity index is 413. The number of aliphatic hydroxyl groups excluding tert-OH is 1. The van der Waals surface area contributed by atoms with E-state index in [1.165, 1.54) is 26.4 Å². The molecule has 0 aliphatic carbocycles. The van der Waals surface area contributed by atoms with Gasteiger partial charge in [0.25, 0.3) is 0 Å². The lowest BCUT2D eigenvalue weighted by Crippen LogP contribution is -2.25. The molecule has 0 spiro atoms. The monoisotopic (exact) mass is 336 g/mol.